The number of unbranched alkanes of at least 4 members (excludes halogenated alkanes) is 1. The first-order chi connectivity index (χ1) is 20.2. The van der Waals surface area contributed by atoms with Gasteiger partial charge in [0.05, 0.1) is 25.6 Å². The number of benzene rings is 4. The first kappa shape index (κ1) is 28.2. The van der Waals surface area contributed by atoms with E-state index in [4.69, 9.17) is 14.5 Å². The van der Waals surface area contributed by atoms with Crippen molar-refractivity contribution in [1.29, 1.82) is 0 Å². The molecule has 0 radical (unpaired) electrons. The van der Waals surface area contributed by atoms with Gasteiger partial charge in [-0.2, -0.15) is 0 Å². The molecule has 5 nitrogen and oxygen atoms in total. The Balaban J connectivity index is 1.63. The average molecular weight is 546 g/mol. The first-order valence-corrected chi connectivity index (χ1v) is 14.4. The zero-order chi connectivity index (χ0) is 28.4. The van der Waals surface area contributed by atoms with Crippen LogP contribution in [-0.2, 0) is 26.2 Å². The highest BCUT2D eigenvalue weighted by Crippen LogP contribution is 2.33. The number of ether oxygens (including phenoxy) is 2. The number of rotatable bonds is 13. The van der Waals surface area contributed by atoms with E-state index in [1.165, 1.54) is 11.3 Å². The van der Waals surface area contributed by atoms with Gasteiger partial charge in [0, 0.05) is 42.9 Å². The zero-order valence-electron chi connectivity index (χ0n) is 24.3. The van der Waals surface area contributed by atoms with Gasteiger partial charge in [0.25, 0.3) is 0 Å². The van der Waals surface area contributed by atoms with Crippen molar-refractivity contribution in [3.63, 3.8) is 0 Å². The SMILES string of the molecule is CCCCn1c(-c2ccccc2)nc(-c2ccccc2)c1CN(Cc1ccccc1)Cc1cc(OC)ccc1OC. The molecular weight excluding hydrogens is 506 g/mol. The number of aromatic nitrogens is 2. The summed E-state index contributed by atoms with van der Waals surface area (Å²) >= 11 is 0. The lowest BCUT2D eigenvalue weighted by atomic mass is 10.1. The van der Waals surface area contributed by atoms with Gasteiger partial charge in [0.2, 0.25) is 0 Å². The van der Waals surface area contributed by atoms with Crippen molar-refractivity contribution in [3.8, 4) is 34.1 Å². The molecule has 5 rings (SSSR count). The molecule has 210 valence electrons. The Bertz CT molecular complexity index is 1520. The smallest absolute Gasteiger partial charge is 0.140 e. The fourth-order valence-electron chi connectivity index (χ4n) is 5.31. The predicted molar refractivity (Wildman–Crippen MR) is 167 cm³/mol. The van der Waals surface area contributed by atoms with Crippen LogP contribution in [0.4, 0.5) is 0 Å². The van der Waals surface area contributed by atoms with Crippen molar-refractivity contribution < 1.29 is 9.47 Å². The van der Waals surface area contributed by atoms with Crippen LogP contribution in [-0.4, -0.2) is 28.7 Å². The molecule has 5 heteroatoms. The van der Waals surface area contributed by atoms with Crippen LogP contribution in [0.2, 0.25) is 0 Å². The van der Waals surface area contributed by atoms with E-state index >= 15 is 0 Å². The standard InChI is InChI=1S/C36H39N3O2/c1-4-5-23-39-33(35(29-17-11-7-12-18-29)37-36(39)30-19-13-8-14-20-30)27-38(25-28-15-9-6-10-16-28)26-31-24-32(40-2)21-22-34(31)41-3/h6-22,24H,4-5,23,25-27H2,1-3H3. The van der Waals surface area contributed by atoms with Crippen molar-refractivity contribution in [2.75, 3.05) is 14.2 Å². The molecular formula is C36H39N3O2. The molecule has 41 heavy (non-hydrogen) atoms. The van der Waals surface area contributed by atoms with Crippen LogP contribution in [0.25, 0.3) is 22.6 Å². The molecule has 0 saturated carbocycles. The highest BCUT2D eigenvalue weighted by molar-refractivity contribution is 5.68. The van der Waals surface area contributed by atoms with Crippen LogP contribution in [0.5, 0.6) is 11.5 Å². The lowest BCUT2D eigenvalue weighted by Gasteiger charge is -2.25. The van der Waals surface area contributed by atoms with Crippen LogP contribution >= 0.6 is 0 Å². The number of imidazole rings is 1. The third-order valence-corrected chi connectivity index (χ3v) is 7.39. The molecule has 1 aromatic heterocycles. The van der Waals surface area contributed by atoms with Gasteiger partial charge in [-0.3, -0.25) is 4.90 Å². The van der Waals surface area contributed by atoms with E-state index in [0.717, 1.165) is 72.2 Å². The highest BCUT2D eigenvalue weighted by Gasteiger charge is 2.23. The van der Waals surface area contributed by atoms with Gasteiger partial charge in [-0.25, -0.2) is 4.98 Å². The summed E-state index contributed by atoms with van der Waals surface area (Å²) in [5, 5.41) is 0. The predicted octanol–water partition coefficient (Wildman–Crippen LogP) is 8.24. The van der Waals surface area contributed by atoms with Crippen molar-refractivity contribution in [2.45, 2.75) is 45.9 Å². The first-order valence-electron chi connectivity index (χ1n) is 14.4. The second-order valence-electron chi connectivity index (χ2n) is 10.3. The second-order valence-corrected chi connectivity index (χ2v) is 10.3. The third kappa shape index (κ3) is 6.87. The van der Waals surface area contributed by atoms with Gasteiger partial charge in [0.1, 0.15) is 17.3 Å². The van der Waals surface area contributed by atoms with Gasteiger partial charge >= 0.3 is 0 Å². The van der Waals surface area contributed by atoms with Crippen molar-refractivity contribution in [3.05, 3.63) is 126 Å². The summed E-state index contributed by atoms with van der Waals surface area (Å²) < 4.78 is 13.8. The minimum atomic E-state index is 0.698. The summed E-state index contributed by atoms with van der Waals surface area (Å²) in [4.78, 5) is 7.80. The zero-order valence-corrected chi connectivity index (χ0v) is 24.3. The van der Waals surface area contributed by atoms with Gasteiger partial charge in [0.15, 0.2) is 0 Å². The minimum Gasteiger partial charge on any atom is -0.497 e. The molecule has 4 aromatic carbocycles. The summed E-state index contributed by atoms with van der Waals surface area (Å²) in [6, 6.07) is 37.8. The molecule has 0 fully saturated rings. The molecule has 0 saturated heterocycles. The molecule has 0 amide bonds. The lowest BCUT2D eigenvalue weighted by Crippen LogP contribution is -2.25. The molecule has 0 atom stereocenters. The number of hydrogen-bond acceptors (Lipinski definition) is 4. The van der Waals surface area contributed by atoms with E-state index in [1.807, 2.05) is 12.1 Å². The second kappa shape index (κ2) is 13.8. The molecule has 0 aliphatic heterocycles. The van der Waals surface area contributed by atoms with Crippen molar-refractivity contribution >= 4 is 0 Å². The Morgan fingerprint density at radius 1 is 0.707 bits per heavy atom. The van der Waals surface area contributed by atoms with Crippen molar-refractivity contribution in [1.82, 2.24) is 14.5 Å². The van der Waals surface area contributed by atoms with Crippen molar-refractivity contribution in [2.24, 2.45) is 0 Å². The Morgan fingerprint density at radius 3 is 2.00 bits per heavy atom. The summed E-state index contributed by atoms with van der Waals surface area (Å²) in [5.41, 5.74) is 6.88. The Morgan fingerprint density at radius 2 is 1.37 bits per heavy atom. The molecule has 0 aliphatic carbocycles. The molecule has 0 unspecified atom stereocenters. The van der Waals surface area contributed by atoms with Gasteiger partial charge in [-0.05, 0) is 30.2 Å². The topological polar surface area (TPSA) is 39.5 Å². The molecule has 0 aliphatic rings. The maximum atomic E-state index is 5.78. The van der Waals surface area contributed by atoms with E-state index in [1.54, 1.807) is 14.2 Å². The molecule has 0 N–H and O–H groups in total. The summed E-state index contributed by atoms with van der Waals surface area (Å²) in [6.45, 7) is 5.37. The van der Waals surface area contributed by atoms with Crippen LogP contribution in [0.3, 0.4) is 0 Å². The number of hydrogen-bond donors (Lipinski definition) is 0. The molecule has 5 aromatic rings. The Labute approximate surface area is 244 Å². The van der Waals surface area contributed by atoms with E-state index in [2.05, 4.69) is 113 Å². The van der Waals surface area contributed by atoms with Gasteiger partial charge in [-0.1, -0.05) is 104 Å². The third-order valence-electron chi connectivity index (χ3n) is 7.39. The van der Waals surface area contributed by atoms with E-state index < -0.39 is 0 Å². The van der Waals surface area contributed by atoms with E-state index in [-0.39, 0.29) is 0 Å². The van der Waals surface area contributed by atoms with Gasteiger partial charge in [-0.15, -0.1) is 0 Å². The monoisotopic (exact) mass is 545 g/mol. The van der Waals surface area contributed by atoms with Gasteiger partial charge < -0.3 is 14.0 Å². The maximum Gasteiger partial charge on any atom is 0.140 e. The molecule has 1 heterocycles. The Hall–Kier alpha value is -4.35. The lowest BCUT2D eigenvalue weighted by molar-refractivity contribution is 0.237. The summed E-state index contributed by atoms with van der Waals surface area (Å²) in [6.07, 6.45) is 2.20. The van der Waals surface area contributed by atoms with Crippen LogP contribution in [0.15, 0.2) is 109 Å². The Kier molecular flexibility index (Phi) is 9.50. The normalized spacial score (nSPS) is 11.1. The molecule has 0 bridgehead atoms. The maximum absolute atomic E-state index is 5.78. The average Bonchev–Trinajstić information content (AvgIpc) is 3.38. The highest BCUT2D eigenvalue weighted by atomic mass is 16.5. The largest absolute Gasteiger partial charge is 0.497 e. The van der Waals surface area contributed by atoms with E-state index in [0.29, 0.717) is 6.54 Å². The van der Waals surface area contributed by atoms with Crippen LogP contribution in [0, 0.1) is 0 Å². The fourth-order valence-corrected chi connectivity index (χ4v) is 5.31. The van der Waals surface area contributed by atoms with Crippen LogP contribution in [0.1, 0.15) is 36.6 Å². The quantitative estimate of drug-likeness (QED) is 0.149. The fraction of sp³-hybridized carbons (Fsp3) is 0.250. The number of methoxy groups -OCH3 is 2. The summed E-state index contributed by atoms with van der Waals surface area (Å²) in [5.74, 6) is 2.70. The summed E-state index contributed by atoms with van der Waals surface area (Å²) in [7, 11) is 3.43. The minimum absolute atomic E-state index is 0.698. The van der Waals surface area contributed by atoms with Crippen LogP contribution < -0.4 is 9.47 Å². The van der Waals surface area contributed by atoms with E-state index in [9.17, 15) is 0 Å². The molecule has 0 spiro atoms. The number of nitrogens with zero attached hydrogens (tertiary/aromatic N) is 3.